The smallest absolute Gasteiger partial charge is 0.175 e. The molecule has 9 heteroatoms. The van der Waals surface area contributed by atoms with Gasteiger partial charge >= 0.3 is 0 Å². The molecule has 0 saturated heterocycles. The van der Waals surface area contributed by atoms with Crippen molar-refractivity contribution in [3.63, 3.8) is 0 Å². The fourth-order valence-corrected chi connectivity index (χ4v) is 5.21. The highest BCUT2D eigenvalue weighted by molar-refractivity contribution is 7.99. The fraction of sp³-hybridized carbons (Fsp3) is 0.375. The highest BCUT2D eigenvalue weighted by Crippen LogP contribution is 2.38. The molecule has 0 bridgehead atoms. The number of nitrogen functional groups attached to an aromatic ring is 1. The van der Waals surface area contributed by atoms with Crippen LogP contribution in [-0.2, 0) is 19.4 Å². The van der Waals surface area contributed by atoms with Crippen LogP contribution < -0.4 is 16.4 Å². The molecule has 8 nitrogen and oxygen atoms in total. The van der Waals surface area contributed by atoms with Crippen LogP contribution >= 0.6 is 11.8 Å². The van der Waals surface area contributed by atoms with Gasteiger partial charge in [0.2, 0.25) is 0 Å². The van der Waals surface area contributed by atoms with Crippen LogP contribution in [0.2, 0.25) is 0 Å². The van der Waals surface area contributed by atoms with Crippen molar-refractivity contribution < 1.29 is 4.42 Å². The van der Waals surface area contributed by atoms with E-state index < -0.39 is 0 Å². The second-order valence-corrected chi connectivity index (χ2v) is 9.60. The molecule has 5 rings (SSSR count). The molecule has 172 valence electrons. The molecule has 33 heavy (non-hydrogen) atoms. The monoisotopic (exact) mass is 463 g/mol. The maximum absolute atomic E-state index is 6.15. The highest BCUT2D eigenvalue weighted by Gasteiger charge is 2.20. The van der Waals surface area contributed by atoms with Gasteiger partial charge in [0.15, 0.2) is 22.1 Å². The molecular formula is C24H29N7OS. The summed E-state index contributed by atoms with van der Waals surface area (Å²) in [5.74, 6) is 1.36. The van der Waals surface area contributed by atoms with Crippen LogP contribution in [0.1, 0.15) is 37.2 Å². The molecule has 4 heterocycles. The molecule has 0 radical (unpaired) electrons. The molecule has 3 aromatic heterocycles. The van der Waals surface area contributed by atoms with Crippen molar-refractivity contribution in [2.24, 2.45) is 0 Å². The molecule has 0 saturated carbocycles. The first-order chi connectivity index (χ1) is 16.1. The molecule has 1 aliphatic heterocycles. The van der Waals surface area contributed by atoms with E-state index >= 15 is 0 Å². The van der Waals surface area contributed by atoms with Crippen molar-refractivity contribution in [2.75, 3.05) is 24.1 Å². The number of nitrogens with one attached hydrogen (secondary N) is 2. The predicted octanol–water partition coefficient (Wildman–Crippen LogP) is 4.10. The number of aryl methyl sites for hydroxylation is 1. The van der Waals surface area contributed by atoms with Crippen LogP contribution in [0, 0.1) is 0 Å². The molecule has 1 aromatic carbocycles. The Morgan fingerprint density at radius 2 is 2.21 bits per heavy atom. The van der Waals surface area contributed by atoms with Gasteiger partial charge in [-0.1, -0.05) is 31.7 Å². The minimum absolute atomic E-state index is 0.410. The second kappa shape index (κ2) is 9.44. The SMILES string of the molecule is CC(C)NCCCn1c(Sc2cc3c(cc2Cc2ccco2)CCN3)nc2c(N)ncnc21. The molecule has 1 aliphatic rings. The zero-order chi connectivity index (χ0) is 22.8. The van der Waals surface area contributed by atoms with E-state index in [2.05, 4.69) is 51.1 Å². The van der Waals surface area contributed by atoms with Crippen LogP contribution in [0.15, 0.2) is 51.3 Å². The zero-order valence-corrected chi connectivity index (χ0v) is 19.8. The summed E-state index contributed by atoms with van der Waals surface area (Å²) in [5.41, 5.74) is 11.4. The third-order valence-corrected chi connectivity index (χ3v) is 6.87. The lowest BCUT2D eigenvalue weighted by atomic mass is 10.0. The normalized spacial score (nSPS) is 13.1. The first-order valence-electron chi connectivity index (χ1n) is 11.4. The average Bonchev–Trinajstić information content (AvgIpc) is 3.53. The third-order valence-electron chi connectivity index (χ3n) is 5.78. The summed E-state index contributed by atoms with van der Waals surface area (Å²) >= 11 is 1.65. The van der Waals surface area contributed by atoms with Gasteiger partial charge in [0.05, 0.1) is 6.26 Å². The number of rotatable bonds is 9. The number of nitrogens with two attached hydrogens (primary N) is 1. The quantitative estimate of drug-likeness (QED) is 0.319. The van der Waals surface area contributed by atoms with E-state index in [9.17, 15) is 0 Å². The molecule has 4 N–H and O–H groups in total. The van der Waals surface area contributed by atoms with Crippen LogP contribution in [0.3, 0.4) is 0 Å². The van der Waals surface area contributed by atoms with Gasteiger partial charge in [0, 0.05) is 36.1 Å². The van der Waals surface area contributed by atoms with Crippen molar-refractivity contribution in [1.29, 1.82) is 0 Å². The number of nitrogens with zero attached hydrogens (tertiary/aromatic N) is 4. The number of furan rings is 1. The Morgan fingerprint density at radius 1 is 1.30 bits per heavy atom. The number of aromatic nitrogens is 4. The van der Waals surface area contributed by atoms with Gasteiger partial charge in [-0.15, -0.1) is 0 Å². The molecule has 0 aliphatic carbocycles. The van der Waals surface area contributed by atoms with Gasteiger partial charge in [-0.25, -0.2) is 15.0 Å². The lowest BCUT2D eigenvalue weighted by Gasteiger charge is -2.13. The number of imidazole rings is 1. The summed E-state index contributed by atoms with van der Waals surface area (Å²) in [6, 6.07) is 8.95. The summed E-state index contributed by atoms with van der Waals surface area (Å²) in [6.45, 7) is 7.01. The van der Waals surface area contributed by atoms with E-state index in [0.717, 1.165) is 60.4 Å². The second-order valence-electron chi connectivity index (χ2n) is 8.59. The van der Waals surface area contributed by atoms with Crippen LogP contribution in [0.25, 0.3) is 11.2 Å². The van der Waals surface area contributed by atoms with Gasteiger partial charge < -0.3 is 25.4 Å². The fourth-order valence-electron chi connectivity index (χ4n) is 4.15. The van der Waals surface area contributed by atoms with Gasteiger partial charge in [-0.05, 0) is 48.7 Å². The Morgan fingerprint density at radius 3 is 3.03 bits per heavy atom. The molecule has 0 spiro atoms. The van der Waals surface area contributed by atoms with Crippen molar-refractivity contribution in [3.8, 4) is 0 Å². The maximum atomic E-state index is 6.15. The van der Waals surface area contributed by atoms with E-state index in [1.165, 1.54) is 23.1 Å². The molecule has 0 unspecified atom stereocenters. The van der Waals surface area contributed by atoms with Gasteiger partial charge in [-0.2, -0.15) is 0 Å². The number of benzene rings is 1. The minimum Gasteiger partial charge on any atom is -0.469 e. The standard InChI is InChI=1S/C24H29N7OS/c1-15(2)26-7-4-9-31-23-21(22(25)28-14-29-23)30-24(31)33-20-13-19-16(6-8-27-19)11-17(20)12-18-5-3-10-32-18/h3,5,10-11,13-15,26-27H,4,6-9,12H2,1-2H3,(H2,25,28,29). The van der Waals surface area contributed by atoms with Crippen LogP contribution in [-0.4, -0.2) is 38.7 Å². The van der Waals surface area contributed by atoms with Crippen molar-refractivity contribution in [2.45, 2.75) is 55.7 Å². The van der Waals surface area contributed by atoms with E-state index in [0.29, 0.717) is 17.4 Å². The molecular weight excluding hydrogens is 434 g/mol. The van der Waals surface area contributed by atoms with Crippen molar-refractivity contribution in [1.82, 2.24) is 24.8 Å². The predicted molar refractivity (Wildman–Crippen MR) is 132 cm³/mol. The van der Waals surface area contributed by atoms with Crippen LogP contribution in [0.5, 0.6) is 0 Å². The van der Waals surface area contributed by atoms with E-state index in [-0.39, 0.29) is 0 Å². The zero-order valence-electron chi connectivity index (χ0n) is 19.0. The molecule has 0 amide bonds. The Kier molecular flexibility index (Phi) is 6.24. The van der Waals surface area contributed by atoms with E-state index in [4.69, 9.17) is 15.1 Å². The van der Waals surface area contributed by atoms with E-state index in [1.54, 1.807) is 18.0 Å². The first kappa shape index (κ1) is 21.8. The Hall–Kier alpha value is -3.04. The maximum Gasteiger partial charge on any atom is 0.175 e. The van der Waals surface area contributed by atoms with Crippen LogP contribution in [0.4, 0.5) is 11.5 Å². The Balaban J connectivity index is 1.50. The Labute approximate surface area is 197 Å². The van der Waals surface area contributed by atoms with Gasteiger partial charge in [0.1, 0.15) is 12.1 Å². The highest BCUT2D eigenvalue weighted by atomic mass is 32.2. The summed E-state index contributed by atoms with van der Waals surface area (Å²) in [5, 5.41) is 7.86. The molecule has 4 aromatic rings. The minimum atomic E-state index is 0.410. The van der Waals surface area contributed by atoms with Gasteiger partial charge in [0.25, 0.3) is 0 Å². The average molecular weight is 464 g/mol. The molecule has 0 fully saturated rings. The van der Waals surface area contributed by atoms with Crippen molar-refractivity contribution in [3.05, 3.63) is 53.7 Å². The third kappa shape index (κ3) is 4.69. The number of anilines is 2. The summed E-state index contributed by atoms with van der Waals surface area (Å²) in [7, 11) is 0. The first-order valence-corrected chi connectivity index (χ1v) is 12.2. The Bertz CT molecular complexity index is 1250. The lowest BCUT2D eigenvalue weighted by molar-refractivity contribution is 0.519. The summed E-state index contributed by atoms with van der Waals surface area (Å²) < 4.78 is 7.81. The largest absolute Gasteiger partial charge is 0.469 e. The number of hydrogen-bond acceptors (Lipinski definition) is 8. The summed E-state index contributed by atoms with van der Waals surface area (Å²) in [4.78, 5) is 14.7. The van der Waals surface area contributed by atoms with Crippen molar-refractivity contribution >= 4 is 34.4 Å². The topological polar surface area (TPSA) is 107 Å². The number of fused-ring (bicyclic) bond motifs is 2. The summed E-state index contributed by atoms with van der Waals surface area (Å²) in [6.07, 6.45) is 5.98. The van der Waals surface area contributed by atoms with E-state index in [1.807, 2.05) is 12.1 Å². The van der Waals surface area contributed by atoms with Gasteiger partial charge in [-0.3, -0.25) is 0 Å². The lowest BCUT2D eigenvalue weighted by Crippen LogP contribution is -2.24. The molecule has 0 atom stereocenters. The number of hydrogen-bond donors (Lipinski definition) is 3.